The summed E-state index contributed by atoms with van der Waals surface area (Å²) in [5.41, 5.74) is 2.46. The van der Waals surface area contributed by atoms with Crippen LogP contribution in [0.1, 0.15) is 25.7 Å². The normalized spacial score (nSPS) is 26.4. The number of rotatable bonds is 3. The summed E-state index contributed by atoms with van der Waals surface area (Å²) in [5.74, 6) is 1.21. The number of hydrogen-bond donors (Lipinski definition) is 2. The summed E-state index contributed by atoms with van der Waals surface area (Å²) in [6, 6.07) is 10.7. The van der Waals surface area contributed by atoms with Gasteiger partial charge in [-0.2, -0.15) is 10.2 Å². The number of alkyl halides is 1. The number of phenolic OH excluding ortho intramolecular Hbond substituents is 1. The molecular formula is C24H25FN6O2. The monoisotopic (exact) mass is 448 g/mol. The Labute approximate surface area is 190 Å². The van der Waals surface area contributed by atoms with Crippen LogP contribution in [0, 0.1) is 0 Å². The van der Waals surface area contributed by atoms with Gasteiger partial charge in [-0.3, -0.25) is 0 Å². The lowest BCUT2D eigenvalue weighted by Crippen LogP contribution is -2.63. The van der Waals surface area contributed by atoms with E-state index in [4.69, 9.17) is 4.74 Å². The van der Waals surface area contributed by atoms with Crippen molar-refractivity contribution in [3.63, 3.8) is 0 Å². The first-order valence-electron chi connectivity index (χ1n) is 11.5. The number of ether oxygens (including phenoxy) is 1. The first-order valence-corrected chi connectivity index (χ1v) is 11.5. The quantitative estimate of drug-likeness (QED) is 0.631. The minimum Gasteiger partial charge on any atom is -0.507 e. The molecule has 9 heteroatoms. The van der Waals surface area contributed by atoms with E-state index in [0.29, 0.717) is 47.7 Å². The SMILES string of the molecule is Oc1cc(-c2cccnn2)ccc1-c1cc2c(nn1)N([C@H]1C[C@@H]3CCC[C@@H](N3)[C@H]1F)CCO2. The van der Waals surface area contributed by atoms with Gasteiger partial charge >= 0.3 is 0 Å². The smallest absolute Gasteiger partial charge is 0.194 e. The van der Waals surface area contributed by atoms with Crippen LogP contribution >= 0.6 is 0 Å². The van der Waals surface area contributed by atoms with Gasteiger partial charge in [0.25, 0.3) is 0 Å². The van der Waals surface area contributed by atoms with E-state index in [-0.39, 0.29) is 17.8 Å². The lowest BCUT2D eigenvalue weighted by Gasteiger charge is -2.47. The minimum atomic E-state index is -0.952. The number of nitrogens with zero attached hydrogens (tertiary/aromatic N) is 5. The number of aromatic nitrogens is 4. The van der Waals surface area contributed by atoms with Crippen LogP contribution in [0.25, 0.3) is 22.5 Å². The first-order chi connectivity index (χ1) is 16.2. The van der Waals surface area contributed by atoms with Crippen molar-refractivity contribution in [2.45, 2.75) is 50.0 Å². The topological polar surface area (TPSA) is 96.3 Å². The highest BCUT2D eigenvalue weighted by Crippen LogP contribution is 2.40. The fourth-order valence-corrected chi connectivity index (χ4v) is 5.33. The molecule has 0 radical (unpaired) electrons. The molecule has 2 N–H and O–H groups in total. The molecule has 0 unspecified atom stereocenters. The molecule has 33 heavy (non-hydrogen) atoms. The third-order valence-electron chi connectivity index (χ3n) is 6.94. The second-order valence-electron chi connectivity index (χ2n) is 8.95. The second kappa shape index (κ2) is 8.22. The zero-order valence-electron chi connectivity index (χ0n) is 18.1. The van der Waals surface area contributed by atoms with Crippen LogP contribution in [-0.2, 0) is 0 Å². The maximum atomic E-state index is 15.3. The van der Waals surface area contributed by atoms with Gasteiger partial charge in [-0.1, -0.05) is 12.5 Å². The zero-order valence-corrected chi connectivity index (χ0v) is 18.1. The average molecular weight is 449 g/mol. The molecule has 170 valence electrons. The molecule has 8 nitrogen and oxygen atoms in total. The number of aromatic hydroxyl groups is 1. The molecule has 2 saturated heterocycles. The predicted molar refractivity (Wildman–Crippen MR) is 121 cm³/mol. The second-order valence-corrected chi connectivity index (χ2v) is 8.95. The van der Waals surface area contributed by atoms with Gasteiger partial charge in [-0.05, 0) is 43.5 Å². The lowest BCUT2D eigenvalue weighted by atomic mass is 9.82. The van der Waals surface area contributed by atoms with Crippen LogP contribution in [0.15, 0.2) is 42.6 Å². The Morgan fingerprint density at radius 3 is 2.88 bits per heavy atom. The van der Waals surface area contributed by atoms with Gasteiger partial charge in [0.1, 0.15) is 24.2 Å². The Bertz CT molecular complexity index is 1160. The van der Waals surface area contributed by atoms with E-state index in [1.165, 1.54) is 0 Å². The molecule has 0 amide bonds. The van der Waals surface area contributed by atoms with Crippen molar-refractivity contribution in [2.24, 2.45) is 0 Å². The highest BCUT2D eigenvalue weighted by atomic mass is 19.1. The van der Waals surface area contributed by atoms with Gasteiger partial charge in [0.05, 0.1) is 18.3 Å². The van der Waals surface area contributed by atoms with Crippen LogP contribution < -0.4 is 15.0 Å². The Balaban J connectivity index is 1.30. The molecular weight excluding hydrogens is 423 g/mol. The van der Waals surface area contributed by atoms with E-state index in [1.54, 1.807) is 30.5 Å². The van der Waals surface area contributed by atoms with Gasteiger partial charge in [0.2, 0.25) is 0 Å². The molecule has 5 heterocycles. The number of fused-ring (bicyclic) bond motifs is 3. The van der Waals surface area contributed by atoms with Crippen molar-refractivity contribution in [1.82, 2.24) is 25.7 Å². The highest BCUT2D eigenvalue weighted by Gasteiger charge is 2.44. The number of benzene rings is 1. The number of piperidine rings is 2. The number of hydrogen-bond acceptors (Lipinski definition) is 8. The first kappa shape index (κ1) is 20.3. The molecule has 2 aromatic heterocycles. The van der Waals surface area contributed by atoms with E-state index in [1.807, 2.05) is 17.0 Å². The van der Waals surface area contributed by atoms with E-state index >= 15 is 4.39 Å². The Morgan fingerprint density at radius 1 is 1.09 bits per heavy atom. The summed E-state index contributed by atoms with van der Waals surface area (Å²) >= 11 is 0. The van der Waals surface area contributed by atoms with E-state index < -0.39 is 6.17 Å². The fourth-order valence-electron chi connectivity index (χ4n) is 5.33. The molecule has 4 atom stereocenters. The summed E-state index contributed by atoms with van der Waals surface area (Å²) in [6.45, 7) is 1.05. The maximum Gasteiger partial charge on any atom is 0.194 e. The minimum absolute atomic E-state index is 0.0649. The van der Waals surface area contributed by atoms with Gasteiger partial charge in [0.15, 0.2) is 11.6 Å². The number of anilines is 1. The number of halogens is 1. The van der Waals surface area contributed by atoms with E-state index in [9.17, 15) is 5.11 Å². The van der Waals surface area contributed by atoms with Gasteiger partial charge < -0.3 is 20.1 Å². The van der Waals surface area contributed by atoms with Crippen LogP contribution in [0.3, 0.4) is 0 Å². The van der Waals surface area contributed by atoms with Crippen LogP contribution in [0.2, 0.25) is 0 Å². The number of nitrogens with one attached hydrogen (secondary N) is 1. The Hall–Kier alpha value is -3.33. The average Bonchev–Trinajstić information content (AvgIpc) is 2.86. The molecule has 3 aromatic rings. The molecule has 2 fully saturated rings. The summed E-state index contributed by atoms with van der Waals surface area (Å²) in [7, 11) is 0. The van der Waals surface area contributed by atoms with Crippen molar-refractivity contribution in [2.75, 3.05) is 18.1 Å². The maximum absolute atomic E-state index is 15.3. The lowest BCUT2D eigenvalue weighted by molar-refractivity contribution is 0.100. The van der Waals surface area contributed by atoms with E-state index in [0.717, 1.165) is 31.2 Å². The van der Waals surface area contributed by atoms with Gasteiger partial charge in [-0.25, -0.2) is 4.39 Å². The highest BCUT2D eigenvalue weighted by molar-refractivity contribution is 5.74. The van der Waals surface area contributed by atoms with Crippen molar-refractivity contribution in [1.29, 1.82) is 0 Å². The molecule has 0 saturated carbocycles. The summed E-state index contributed by atoms with van der Waals surface area (Å²) < 4.78 is 21.2. The van der Waals surface area contributed by atoms with Crippen LogP contribution in [0.4, 0.5) is 10.2 Å². The van der Waals surface area contributed by atoms with Crippen LogP contribution in [-0.4, -0.2) is 63.0 Å². The van der Waals surface area contributed by atoms with E-state index in [2.05, 4.69) is 25.7 Å². The fraction of sp³-hybridized carbons (Fsp3) is 0.417. The van der Waals surface area contributed by atoms with Crippen molar-refractivity contribution >= 4 is 5.82 Å². The third-order valence-corrected chi connectivity index (χ3v) is 6.94. The molecule has 3 aliphatic heterocycles. The van der Waals surface area contributed by atoms with Crippen LogP contribution in [0.5, 0.6) is 11.5 Å². The number of phenols is 1. The van der Waals surface area contributed by atoms with Gasteiger partial charge in [0, 0.05) is 35.5 Å². The standard InChI is InChI=1S/C24H25FN6O2/c25-23-18-4-1-3-15(27-18)12-20(23)31-9-10-33-22-13-19(29-30-24(22)31)16-7-6-14(11-21(16)32)17-5-2-8-26-28-17/h2,5-8,11,13,15,18,20,23,27,32H,1,3-4,9-10,12H2/t15-,18+,20-,23+/m0/s1. The molecule has 0 spiro atoms. The molecule has 6 rings (SSSR count). The van der Waals surface area contributed by atoms with Crippen molar-refractivity contribution in [3.8, 4) is 34.0 Å². The molecule has 1 aromatic carbocycles. The Morgan fingerprint density at radius 2 is 2.03 bits per heavy atom. The zero-order chi connectivity index (χ0) is 22.4. The predicted octanol–water partition coefficient (Wildman–Crippen LogP) is 3.13. The largest absolute Gasteiger partial charge is 0.507 e. The van der Waals surface area contributed by atoms with Crippen molar-refractivity contribution in [3.05, 3.63) is 42.6 Å². The molecule has 2 bridgehead atoms. The summed E-state index contributed by atoms with van der Waals surface area (Å²) in [5, 5.41) is 30.9. The third kappa shape index (κ3) is 3.66. The summed E-state index contributed by atoms with van der Waals surface area (Å²) in [6.07, 6.45) is 4.45. The summed E-state index contributed by atoms with van der Waals surface area (Å²) in [4.78, 5) is 2.03. The molecule has 3 aliphatic rings. The Kier molecular flexibility index (Phi) is 5.05. The van der Waals surface area contributed by atoms with Crippen molar-refractivity contribution < 1.29 is 14.2 Å². The van der Waals surface area contributed by atoms with Gasteiger partial charge in [-0.15, -0.1) is 10.2 Å². The molecule has 0 aliphatic carbocycles.